The maximum absolute atomic E-state index is 11.8. The number of nitrogens with one attached hydrogen (secondary N) is 1. The molecule has 0 aromatic heterocycles. The lowest BCUT2D eigenvalue weighted by Crippen LogP contribution is -2.39. The van der Waals surface area contributed by atoms with Gasteiger partial charge in [-0.3, -0.25) is 9.59 Å². The minimum Gasteiger partial charge on any atom is -0.480 e. The average Bonchev–Trinajstić information content (AvgIpc) is 2.49. The summed E-state index contributed by atoms with van der Waals surface area (Å²) in [6.07, 6.45) is 0.181. The lowest BCUT2D eigenvalue weighted by Gasteiger charge is -2.21. The minimum atomic E-state index is -0.997. The highest BCUT2D eigenvalue weighted by molar-refractivity contribution is 8.00. The molecule has 2 atom stereocenters. The van der Waals surface area contributed by atoms with E-state index in [1.54, 1.807) is 13.8 Å². The molecule has 1 amide bonds. The van der Waals surface area contributed by atoms with E-state index in [0.717, 1.165) is 18.6 Å². The van der Waals surface area contributed by atoms with Crippen LogP contribution in [0.2, 0.25) is 0 Å². The van der Waals surface area contributed by atoms with Crippen LogP contribution in [0.3, 0.4) is 0 Å². The van der Waals surface area contributed by atoms with Crippen molar-refractivity contribution in [2.24, 2.45) is 11.8 Å². The highest BCUT2D eigenvalue weighted by atomic mass is 32.2. The van der Waals surface area contributed by atoms with Crippen molar-refractivity contribution in [1.29, 1.82) is 0 Å². The van der Waals surface area contributed by atoms with Crippen molar-refractivity contribution in [1.82, 2.24) is 5.32 Å². The fourth-order valence-electron chi connectivity index (χ4n) is 1.78. The van der Waals surface area contributed by atoms with E-state index < -0.39 is 29.6 Å². The van der Waals surface area contributed by atoms with E-state index in [4.69, 9.17) is 9.47 Å². The summed E-state index contributed by atoms with van der Waals surface area (Å²) < 4.78 is 9.93. The van der Waals surface area contributed by atoms with Crippen molar-refractivity contribution in [2.45, 2.75) is 59.0 Å². The first kappa shape index (κ1) is 22.6. The fourth-order valence-corrected chi connectivity index (χ4v) is 3.10. The average molecular weight is 363 g/mol. The molecule has 2 N–H and O–H groups in total. The largest absolute Gasteiger partial charge is 0.480 e. The monoisotopic (exact) mass is 363 g/mol. The van der Waals surface area contributed by atoms with Crippen LogP contribution in [0.4, 0.5) is 4.79 Å². The van der Waals surface area contributed by atoms with E-state index in [0.29, 0.717) is 5.92 Å². The zero-order valence-corrected chi connectivity index (χ0v) is 15.9. The number of hydrogen-bond donors (Lipinski definition) is 2. The Labute approximate surface area is 147 Å². The van der Waals surface area contributed by atoms with Crippen LogP contribution in [-0.2, 0) is 19.1 Å². The van der Waals surface area contributed by atoms with Gasteiger partial charge in [-0.05, 0) is 11.7 Å². The summed E-state index contributed by atoms with van der Waals surface area (Å²) in [7, 11) is 0. The van der Waals surface area contributed by atoms with E-state index in [1.807, 2.05) is 0 Å². The number of thioether (sulfide) groups is 1. The highest BCUT2D eigenvalue weighted by Crippen LogP contribution is 2.20. The Balaban J connectivity index is 4.44. The molecule has 0 spiro atoms. The molecule has 0 aliphatic rings. The van der Waals surface area contributed by atoms with E-state index in [1.165, 1.54) is 18.7 Å². The summed E-state index contributed by atoms with van der Waals surface area (Å²) in [5.41, 5.74) is 0. The van der Waals surface area contributed by atoms with Crippen LogP contribution in [0.25, 0.3) is 0 Å². The zero-order chi connectivity index (χ0) is 18.7. The number of esters is 1. The number of amides is 1. The maximum atomic E-state index is 11.8. The van der Waals surface area contributed by atoms with Gasteiger partial charge in [0.1, 0.15) is 5.25 Å². The molecule has 0 radical (unpaired) electrons. The number of aliphatic carboxylic acids is 1. The fraction of sp³-hybridized carbons (Fsp3) is 0.812. The second-order valence-corrected chi connectivity index (χ2v) is 7.09. The van der Waals surface area contributed by atoms with E-state index in [-0.39, 0.29) is 12.5 Å². The second kappa shape index (κ2) is 12.0. The topological polar surface area (TPSA) is 102 Å². The normalized spacial score (nSPS) is 13.5. The van der Waals surface area contributed by atoms with Crippen molar-refractivity contribution in [2.75, 3.05) is 12.3 Å². The first-order valence-corrected chi connectivity index (χ1v) is 9.22. The Bertz CT molecular complexity index is 411. The summed E-state index contributed by atoms with van der Waals surface area (Å²) in [5.74, 6) is -0.558. The summed E-state index contributed by atoms with van der Waals surface area (Å²) in [4.78, 5) is 34.1. The SMILES string of the molecule is CCC(CC)CS[C@@H](CNC(=O)O[C@H](OC(C)=O)C(C)C)C(=O)O. The van der Waals surface area contributed by atoms with Gasteiger partial charge in [0.2, 0.25) is 0 Å². The Kier molecular flexibility index (Phi) is 11.3. The number of carbonyl (C=O) groups is 3. The smallest absolute Gasteiger partial charge is 0.410 e. The van der Waals surface area contributed by atoms with E-state index >= 15 is 0 Å². The van der Waals surface area contributed by atoms with Gasteiger partial charge in [-0.1, -0.05) is 40.5 Å². The molecule has 24 heavy (non-hydrogen) atoms. The first-order chi connectivity index (χ1) is 11.2. The number of hydrogen-bond acceptors (Lipinski definition) is 6. The third-order valence-electron chi connectivity index (χ3n) is 3.44. The predicted octanol–water partition coefficient (Wildman–Crippen LogP) is 2.88. The standard InChI is InChI=1S/C16H29NO6S/c1-6-12(7-2)9-24-13(14(19)20)8-17-16(21)23-15(10(3)4)22-11(5)18/h10,12-13,15H,6-9H2,1-5H3,(H,17,21)(H,19,20)/t13-,15-/m0/s1. The van der Waals surface area contributed by atoms with Crippen molar-refractivity contribution >= 4 is 29.8 Å². The van der Waals surface area contributed by atoms with Gasteiger partial charge in [-0.15, -0.1) is 11.8 Å². The quantitative estimate of drug-likeness (QED) is 0.430. The van der Waals surface area contributed by atoms with Crippen LogP contribution in [0.5, 0.6) is 0 Å². The Hall–Kier alpha value is -1.44. The summed E-state index contributed by atoms with van der Waals surface area (Å²) >= 11 is 1.31. The minimum absolute atomic E-state index is 0.0517. The van der Waals surface area contributed by atoms with E-state index in [2.05, 4.69) is 19.2 Å². The molecule has 8 heteroatoms. The zero-order valence-electron chi connectivity index (χ0n) is 15.0. The van der Waals surface area contributed by atoms with Crippen LogP contribution in [0.15, 0.2) is 0 Å². The second-order valence-electron chi connectivity index (χ2n) is 5.85. The van der Waals surface area contributed by atoms with Crippen molar-refractivity contribution < 1.29 is 29.0 Å². The molecule has 0 saturated carbocycles. The Morgan fingerprint density at radius 1 is 1.12 bits per heavy atom. The van der Waals surface area contributed by atoms with E-state index in [9.17, 15) is 19.5 Å². The molecule has 0 aromatic rings. The molecule has 0 heterocycles. The number of ether oxygens (including phenoxy) is 2. The molecule has 140 valence electrons. The van der Waals surface area contributed by atoms with Gasteiger partial charge in [0, 0.05) is 19.4 Å². The van der Waals surface area contributed by atoms with Crippen molar-refractivity contribution in [3.63, 3.8) is 0 Å². The molecule has 0 rings (SSSR count). The van der Waals surface area contributed by atoms with Gasteiger partial charge >= 0.3 is 18.0 Å². The summed E-state index contributed by atoms with van der Waals surface area (Å²) in [5, 5.41) is 10.9. The van der Waals surface area contributed by atoms with Gasteiger partial charge in [0.05, 0.1) is 0 Å². The van der Waals surface area contributed by atoms with Crippen molar-refractivity contribution in [3.05, 3.63) is 0 Å². The lowest BCUT2D eigenvalue weighted by molar-refractivity contribution is -0.172. The molecule has 0 aliphatic heterocycles. The molecule has 0 unspecified atom stereocenters. The molecule has 0 aliphatic carbocycles. The third-order valence-corrected chi connectivity index (χ3v) is 4.88. The first-order valence-electron chi connectivity index (χ1n) is 8.17. The Morgan fingerprint density at radius 2 is 1.71 bits per heavy atom. The summed E-state index contributed by atoms with van der Waals surface area (Å²) in [6, 6.07) is 0. The number of carboxylic acid groups (broad SMARTS) is 1. The maximum Gasteiger partial charge on any atom is 0.410 e. The molecular formula is C16H29NO6S. The molecule has 0 aromatic carbocycles. The number of carbonyl (C=O) groups excluding carboxylic acids is 2. The van der Waals surface area contributed by atoms with Crippen LogP contribution in [0, 0.1) is 11.8 Å². The lowest BCUT2D eigenvalue weighted by atomic mass is 10.1. The van der Waals surface area contributed by atoms with Crippen LogP contribution in [-0.4, -0.2) is 47.0 Å². The number of alkyl carbamates (subject to hydrolysis) is 1. The van der Waals surface area contributed by atoms with Gasteiger partial charge in [-0.25, -0.2) is 4.79 Å². The van der Waals surface area contributed by atoms with Gasteiger partial charge in [0.15, 0.2) is 0 Å². The molecule has 0 saturated heterocycles. The van der Waals surface area contributed by atoms with Crippen LogP contribution >= 0.6 is 11.8 Å². The molecule has 0 fully saturated rings. The summed E-state index contributed by atoms with van der Waals surface area (Å²) in [6.45, 7) is 8.80. The number of carboxylic acids is 1. The van der Waals surface area contributed by atoms with Gasteiger partial charge in [0.25, 0.3) is 6.29 Å². The predicted molar refractivity (Wildman–Crippen MR) is 92.8 cm³/mol. The van der Waals surface area contributed by atoms with Gasteiger partial charge < -0.3 is 19.9 Å². The molecule has 0 bridgehead atoms. The molecule has 7 nitrogen and oxygen atoms in total. The molecular weight excluding hydrogens is 334 g/mol. The third kappa shape index (κ3) is 9.64. The van der Waals surface area contributed by atoms with Crippen LogP contribution in [0.1, 0.15) is 47.5 Å². The number of rotatable bonds is 11. The van der Waals surface area contributed by atoms with Gasteiger partial charge in [-0.2, -0.15) is 0 Å². The highest BCUT2D eigenvalue weighted by Gasteiger charge is 2.24. The Morgan fingerprint density at radius 3 is 2.12 bits per heavy atom. The van der Waals surface area contributed by atoms with Crippen molar-refractivity contribution in [3.8, 4) is 0 Å². The van der Waals surface area contributed by atoms with Crippen LogP contribution < -0.4 is 5.32 Å².